The summed E-state index contributed by atoms with van der Waals surface area (Å²) in [5, 5.41) is 3.56. The van der Waals surface area contributed by atoms with E-state index in [1.807, 2.05) is 36.4 Å². The molecule has 1 aromatic heterocycles. The van der Waals surface area contributed by atoms with Crippen molar-refractivity contribution in [3.8, 4) is 11.5 Å². The van der Waals surface area contributed by atoms with Crippen LogP contribution in [0.2, 0.25) is 0 Å². The third kappa shape index (κ3) is 3.50. The lowest BCUT2D eigenvalue weighted by molar-refractivity contribution is -0.139. The summed E-state index contributed by atoms with van der Waals surface area (Å²) < 4.78 is 17.2. The second-order valence-electron chi connectivity index (χ2n) is 9.24. The van der Waals surface area contributed by atoms with Crippen LogP contribution < -0.4 is 14.8 Å². The first-order valence-electron chi connectivity index (χ1n) is 11.8. The van der Waals surface area contributed by atoms with E-state index in [-0.39, 0.29) is 18.5 Å². The van der Waals surface area contributed by atoms with Crippen LogP contribution in [0.4, 0.5) is 4.79 Å². The molecule has 1 N–H and O–H groups in total. The maximum Gasteiger partial charge on any atom is 0.325 e. The van der Waals surface area contributed by atoms with Crippen LogP contribution in [0, 0.1) is 0 Å². The molecule has 9 nitrogen and oxygen atoms in total. The van der Waals surface area contributed by atoms with Gasteiger partial charge < -0.3 is 24.1 Å². The lowest BCUT2D eigenvalue weighted by Crippen LogP contribution is -2.44. The summed E-state index contributed by atoms with van der Waals surface area (Å²) >= 11 is 0. The van der Waals surface area contributed by atoms with Gasteiger partial charge in [0, 0.05) is 11.9 Å². The average molecular weight is 476 g/mol. The molecule has 3 aromatic rings. The highest BCUT2D eigenvalue weighted by atomic mass is 16.6. The molecule has 0 saturated carbocycles. The summed E-state index contributed by atoms with van der Waals surface area (Å²) in [6, 6.07) is 14.1. The molecule has 180 valence electrons. The van der Waals surface area contributed by atoms with Crippen LogP contribution in [0.5, 0.6) is 11.5 Å². The predicted molar refractivity (Wildman–Crippen MR) is 125 cm³/mol. The zero-order valence-corrected chi connectivity index (χ0v) is 19.3. The van der Waals surface area contributed by atoms with E-state index in [0.29, 0.717) is 42.6 Å². The minimum Gasteiger partial charge on any atom is -0.486 e. The van der Waals surface area contributed by atoms with E-state index in [1.165, 1.54) is 0 Å². The number of amides is 4. The molecular formula is C26H25N3O6. The van der Waals surface area contributed by atoms with Gasteiger partial charge in [-0.2, -0.15) is 0 Å². The van der Waals surface area contributed by atoms with Gasteiger partial charge in [-0.3, -0.25) is 14.5 Å². The number of hydrogen-bond donors (Lipinski definition) is 1. The highest BCUT2D eigenvalue weighted by Crippen LogP contribution is 2.39. The molecule has 4 amide bonds. The number of ether oxygens (including phenoxy) is 2. The first kappa shape index (κ1) is 21.5. The maximum atomic E-state index is 13.4. The van der Waals surface area contributed by atoms with Crippen molar-refractivity contribution in [3.05, 3.63) is 59.9 Å². The third-order valence-corrected chi connectivity index (χ3v) is 7.01. The number of furan rings is 1. The standard InChI is InChI=1S/C26H25N3O6/c1-26(22-14-17-5-2-3-7-19(17)35-22)24(31)29(25(32)27-26)15-23(30)28-10-4-6-18(28)16-8-9-20-21(13-16)34-12-11-33-20/h2-3,5,7-9,13-14,18H,4,6,10-12,15H2,1H3,(H,27,32)/t18-,26-/m1/s1. The van der Waals surface area contributed by atoms with Gasteiger partial charge >= 0.3 is 6.03 Å². The number of likely N-dealkylation sites (tertiary alicyclic amines) is 1. The van der Waals surface area contributed by atoms with Crippen molar-refractivity contribution in [2.45, 2.75) is 31.3 Å². The largest absolute Gasteiger partial charge is 0.486 e. The fourth-order valence-electron chi connectivity index (χ4n) is 5.14. The van der Waals surface area contributed by atoms with Crippen LogP contribution >= 0.6 is 0 Å². The lowest BCUT2D eigenvalue weighted by Gasteiger charge is -2.28. The Morgan fingerprint density at radius 2 is 1.89 bits per heavy atom. The molecule has 0 aliphatic carbocycles. The molecule has 0 unspecified atom stereocenters. The number of benzene rings is 2. The van der Waals surface area contributed by atoms with Gasteiger partial charge in [-0.15, -0.1) is 0 Å². The van der Waals surface area contributed by atoms with Crippen molar-refractivity contribution in [3.63, 3.8) is 0 Å². The SMILES string of the molecule is C[C@]1(c2cc3ccccc3o2)NC(=O)N(CC(=O)N2CCC[C@@H]2c2ccc3c(c2)OCCO3)C1=O. The number of rotatable bonds is 4. The van der Waals surface area contributed by atoms with Crippen molar-refractivity contribution in [2.24, 2.45) is 0 Å². The summed E-state index contributed by atoms with van der Waals surface area (Å²) in [4.78, 5) is 42.2. The maximum absolute atomic E-state index is 13.4. The van der Waals surface area contributed by atoms with Gasteiger partial charge in [0.15, 0.2) is 17.0 Å². The second-order valence-corrected chi connectivity index (χ2v) is 9.24. The molecule has 2 atom stereocenters. The van der Waals surface area contributed by atoms with Crippen molar-refractivity contribution in [1.82, 2.24) is 15.1 Å². The number of nitrogens with zero attached hydrogens (tertiary/aromatic N) is 2. The quantitative estimate of drug-likeness (QED) is 0.581. The highest BCUT2D eigenvalue weighted by molar-refractivity contribution is 6.09. The van der Waals surface area contributed by atoms with Crippen LogP contribution in [-0.2, 0) is 15.1 Å². The van der Waals surface area contributed by atoms with E-state index >= 15 is 0 Å². The summed E-state index contributed by atoms with van der Waals surface area (Å²) in [5.41, 5.74) is 0.195. The number of fused-ring (bicyclic) bond motifs is 2. The van der Waals surface area contributed by atoms with E-state index in [9.17, 15) is 14.4 Å². The van der Waals surface area contributed by atoms with Crippen LogP contribution in [0.25, 0.3) is 11.0 Å². The third-order valence-electron chi connectivity index (χ3n) is 7.01. The van der Waals surface area contributed by atoms with Gasteiger partial charge in [0.1, 0.15) is 31.1 Å². The van der Waals surface area contributed by atoms with Crippen LogP contribution in [0.15, 0.2) is 52.9 Å². The molecule has 3 aliphatic heterocycles. The van der Waals surface area contributed by atoms with E-state index in [4.69, 9.17) is 13.9 Å². The minimum atomic E-state index is -1.38. The van der Waals surface area contributed by atoms with Crippen LogP contribution in [-0.4, -0.2) is 53.9 Å². The molecule has 6 rings (SSSR count). The molecule has 35 heavy (non-hydrogen) atoms. The summed E-state index contributed by atoms with van der Waals surface area (Å²) in [6.07, 6.45) is 1.63. The zero-order chi connectivity index (χ0) is 24.2. The van der Waals surface area contributed by atoms with Crippen molar-refractivity contribution in [1.29, 1.82) is 0 Å². The molecule has 2 fully saturated rings. The average Bonchev–Trinajstić information content (AvgIpc) is 3.58. The molecule has 3 aliphatic rings. The number of urea groups is 1. The van der Waals surface area contributed by atoms with Crippen molar-refractivity contribution in [2.75, 3.05) is 26.3 Å². The Labute approximate surface area is 201 Å². The monoisotopic (exact) mass is 475 g/mol. The topological polar surface area (TPSA) is 101 Å². The van der Waals surface area contributed by atoms with Crippen molar-refractivity contribution >= 4 is 28.8 Å². The molecular weight excluding hydrogens is 450 g/mol. The Hall–Kier alpha value is -4.01. The first-order valence-corrected chi connectivity index (χ1v) is 11.8. The fourth-order valence-corrected chi connectivity index (χ4v) is 5.14. The van der Waals surface area contributed by atoms with Gasteiger partial charge in [0.05, 0.1) is 6.04 Å². The molecule has 2 aromatic carbocycles. The van der Waals surface area contributed by atoms with E-state index in [0.717, 1.165) is 28.7 Å². The fraction of sp³-hybridized carbons (Fsp3) is 0.346. The van der Waals surface area contributed by atoms with Gasteiger partial charge in [-0.25, -0.2) is 4.79 Å². The lowest BCUT2D eigenvalue weighted by atomic mass is 9.99. The van der Waals surface area contributed by atoms with Crippen LogP contribution in [0.1, 0.15) is 37.1 Å². The number of imide groups is 1. The normalized spacial score (nSPS) is 23.7. The van der Waals surface area contributed by atoms with Gasteiger partial charge in [-0.05, 0) is 49.6 Å². The van der Waals surface area contributed by atoms with Gasteiger partial charge in [0.25, 0.3) is 5.91 Å². The minimum absolute atomic E-state index is 0.152. The molecule has 9 heteroatoms. The van der Waals surface area contributed by atoms with Crippen LogP contribution in [0.3, 0.4) is 0 Å². The zero-order valence-electron chi connectivity index (χ0n) is 19.3. The Morgan fingerprint density at radius 3 is 2.71 bits per heavy atom. The van der Waals surface area contributed by atoms with Gasteiger partial charge in [-0.1, -0.05) is 24.3 Å². The molecule has 0 bridgehead atoms. The smallest absolute Gasteiger partial charge is 0.325 e. The van der Waals surface area contributed by atoms with Gasteiger partial charge in [0.2, 0.25) is 5.91 Å². The van der Waals surface area contributed by atoms with E-state index < -0.39 is 17.5 Å². The van der Waals surface area contributed by atoms with E-state index in [2.05, 4.69) is 5.32 Å². The summed E-state index contributed by atoms with van der Waals surface area (Å²) in [6.45, 7) is 2.83. The Balaban J connectivity index is 1.21. The molecule has 4 heterocycles. The first-order chi connectivity index (χ1) is 16.9. The highest BCUT2D eigenvalue weighted by Gasteiger charge is 2.52. The number of para-hydroxylation sites is 1. The second kappa shape index (κ2) is 8.04. The Morgan fingerprint density at radius 1 is 1.09 bits per heavy atom. The Bertz CT molecular complexity index is 1320. The number of carbonyl (C=O) groups excluding carboxylic acids is 3. The number of nitrogens with one attached hydrogen (secondary N) is 1. The van der Waals surface area contributed by atoms with E-state index in [1.54, 1.807) is 24.0 Å². The molecule has 0 spiro atoms. The Kier molecular flexibility index (Phi) is 4.94. The summed E-state index contributed by atoms with van der Waals surface area (Å²) in [5.74, 6) is 0.913. The molecule has 0 radical (unpaired) electrons. The predicted octanol–water partition coefficient (Wildman–Crippen LogP) is 3.33. The van der Waals surface area contributed by atoms with Crippen molar-refractivity contribution < 1.29 is 28.3 Å². The summed E-state index contributed by atoms with van der Waals surface area (Å²) in [7, 11) is 0. The number of hydrogen-bond acceptors (Lipinski definition) is 6. The number of carbonyl (C=O) groups is 3. The molecule has 2 saturated heterocycles.